The number of ether oxygens (including phenoxy) is 1. The van der Waals surface area contributed by atoms with Crippen molar-refractivity contribution >= 4 is 23.1 Å². The molecule has 35 heavy (non-hydrogen) atoms. The zero-order valence-corrected chi connectivity index (χ0v) is 20.9. The lowest BCUT2D eigenvalue weighted by Gasteiger charge is -2.23. The standard InChI is InChI=1S/C27H28N4O3S/c1-19-20(2)31(16-22-9-6-12-34-22)27(24(19)14-28)29-26(32)18-30(17-23-10-7-13-35-23)15-21-8-4-5-11-25(21)33-3/h4-13H,15-18H2,1-3H3,(H,29,32). The Kier molecular flexibility index (Phi) is 7.70. The molecular formula is C27H28N4O3S. The van der Waals surface area contributed by atoms with Crippen LogP contribution in [0.2, 0.25) is 0 Å². The number of furan rings is 1. The minimum Gasteiger partial charge on any atom is -0.496 e. The number of hydrogen-bond donors (Lipinski definition) is 1. The van der Waals surface area contributed by atoms with E-state index in [9.17, 15) is 10.1 Å². The minimum atomic E-state index is -0.189. The Morgan fingerprint density at radius 2 is 2.00 bits per heavy atom. The number of rotatable bonds is 10. The van der Waals surface area contributed by atoms with Gasteiger partial charge in [-0.25, -0.2) is 0 Å². The maximum Gasteiger partial charge on any atom is 0.239 e. The predicted molar refractivity (Wildman–Crippen MR) is 136 cm³/mol. The molecule has 3 aromatic heterocycles. The number of aromatic nitrogens is 1. The van der Waals surface area contributed by atoms with Gasteiger partial charge in [-0.15, -0.1) is 11.3 Å². The van der Waals surface area contributed by atoms with Crippen LogP contribution in [-0.2, 0) is 24.4 Å². The molecule has 1 amide bonds. The maximum absolute atomic E-state index is 13.3. The molecule has 8 heteroatoms. The van der Waals surface area contributed by atoms with E-state index in [-0.39, 0.29) is 12.5 Å². The molecule has 0 fully saturated rings. The average molecular weight is 489 g/mol. The highest BCUT2D eigenvalue weighted by atomic mass is 32.1. The summed E-state index contributed by atoms with van der Waals surface area (Å²) in [6, 6.07) is 17.9. The Balaban J connectivity index is 1.57. The number of carbonyl (C=O) groups excluding carboxylic acids is 1. The van der Waals surface area contributed by atoms with Gasteiger partial charge in [0.05, 0.1) is 32.0 Å². The average Bonchev–Trinajstić information content (AvgIpc) is 3.60. The molecule has 1 aromatic carbocycles. The van der Waals surface area contributed by atoms with Crippen LogP contribution in [0.25, 0.3) is 0 Å². The van der Waals surface area contributed by atoms with Gasteiger partial charge in [-0.05, 0) is 49.1 Å². The lowest BCUT2D eigenvalue weighted by molar-refractivity contribution is -0.117. The second-order valence-electron chi connectivity index (χ2n) is 8.30. The molecule has 0 aliphatic rings. The summed E-state index contributed by atoms with van der Waals surface area (Å²) in [5.74, 6) is 1.84. The van der Waals surface area contributed by atoms with E-state index < -0.39 is 0 Å². The highest BCUT2D eigenvalue weighted by molar-refractivity contribution is 7.09. The fourth-order valence-electron chi connectivity index (χ4n) is 4.13. The lowest BCUT2D eigenvalue weighted by atomic mass is 10.2. The highest BCUT2D eigenvalue weighted by Crippen LogP contribution is 2.28. The van der Waals surface area contributed by atoms with E-state index in [0.717, 1.165) is 28.3 Å². The summed E-state index contributed by atoms with van der Waals surface area (Å²) in [7, 11) is 1.65. The van der Waals surface area contributed by atoms with Crippen LogP contribution in [0.4, 0.5) is 5.82 Å². The first-order valence-electron chi connectivity index (χ1n) is 11.3. The summed E-state index contributed by atoms with van der Waals surface area (Å²) in [5.41, 5.74) is 3.23. The number of thiophene rings is 1. The summed E-state index contributed by atoms with van der Waals surface area (Å²) < 4.78 is 13.0. The molecule has 3 heterocycles. The molecule has 4 rings (SSSR count). The minimum absolute atomic E-state index is 0.158. The predicted octanol–water partition coefficient (Wildman–Crippen LogP) is 5.33. The summed E-state index contributed by atoms with van der Waals surface area (Å²) in [6.45, 7) is 5.60. The number of nitrogens with one attached hydrogen (secondary N) is 1. The van der Waals surface area contributed by atoms with Crippen molar-refractivity contribution in [1.82, 2.24) is 9.47 Å². The van der Waals surface area contributed by atoms with E-state index in [1.807, 2.05) is 66.3 Å². The second kappa shape index (κ2) is 11.1. The number of methoxy groups -OCH3 is 1. The first-order valence-corrected chi connectivity index (χ1v) is 12.2. The zero-order chi connectivity index (χ0) is 24.8. The molecule has 0 radical (unpaired) electrons. The molecule has 0 saturated heterocycles. The molecular weight excluding hydrogens is 460 g/mol. The first kappa shape index (κ1) is 24.3. The van der Waals surface area contributed by atoms with E-state index in [1.165, 1.54) is 4.88 Å². The number of hydrogen-bond acceptors (Lipinski definition) is 6. The third kappa shape index (κ3) is 5.65. The summed E-state index contributed by atoms with van der Waals surface area (Å²) in [4.78, 5) is 16.6. The van der Waals surface area contributed by atoms with E-state index >= 15 is 0 Å². The highest BCUT2D eigenvalue weighted by Gasteiger charge is 2.22. The number of nitriles is 1. The number of benzene rings is 1. The van der Waals surface area contributed by atoms with Crippen molar-refractivity contribution in [2.75, 3.05) is 19.0 Å². The molecule has 180 valence electrons. The van der Waals surface area contributed by atoms with E-state index in [0.29, 0.717) is 31.0 Å². The molecule has 4 aromatic rings. The van der Waals surface area contributed by atoms with Gasteiger partial charge in [0, 0.05) is 29.2 Å². The van der Waals surface area contributed by atoms with Gasteiger partial charge in [0.15, 0.2) is 0 Å². The second-order valence-corrected chi connectivity index (χ2v) is 9.33. The Morgan fingerprint density at radius 3 is 2.69 bits per heavy atom. The topological polar surface area (TPSA) is 83.4 Å². The van der Waals surface area contributed by atoms with Gasteiger partial charge in [0.2, 0.25) is 5.91 Å². The summed E-state index contributed by atoms with van der Waals surface area (Å²) in [5, 5.41) is 14.9. The van der Waals surface area contributed by atoms with Crippen LogP contribution in [0.15, 0.2) is 64.6 Å². The number of para-hydroxylation sites is 1. The fourth-order valence-corrected chi connectivity index (χ4v) is 4.87. The lowest BCUT2D eigenvalue weighted by Crippen LogP contribution is -2.33. The van der Waals surface area contributed by atoms with E-state index in [2.05, 4.69) is 22.4 Å². The molecule has 0 saturated carbocycles. The molecule has 0 spiro atoms. The van der Waals surface area contributed by atoms with Gasteiger partial charge in [0.25, 0.3) is 0 Å². The molecule has 0 aliphatic heterocycles. The zero-order valence-electron chi connectivity index (χ0n) is 20.1. The van der Waals surface area contributed by atoms with Crippen LogP contribution in [0, 0.1) is 25.2 Å². The number of nitrogens with zero attached hydrogens (tertiary/aromatic N) is 3. The monoisotopic (exact) mass is 488 g/mol. The van der Waals surface area contributed by atoms with Gasteiger partial charge in [0.1, 0.15) is 23.4 Å². The number of amides is 1. The normalized spacial score (nSPS) is 10.9. The van der Waals surface area contributed by atoms with Crippen LogP contribution in [0.5, 0.6) is 5.75 Å². The van der Waals surface area contributed by atoms with Gasteiger partial charge in [-0.1, -0.05) is 24.3 Å². The van der Waals surface area contributed by atoms with Crippen molar-refractivity contribution in [1.29, 1.82) is 5.26 Å². The quantitative estimate of drug-likeness (QED) is 0.326. The largest absolute Gasteiger partial charge is 0.496 e. The maximum atomic E-state index is 13.3. The van der Waals surface area contributed by atoms with E-state index in [4.69, 9.17) is 9.15 Å². The van der Waals surface area contributed by atoms with Gasteiger partial charge in [-0.3, -0.25) is 9.69 Å². The Hall–Kier alpha value is -3.80. The van der Waals surface area contributed by atoms with Gasteiger partial charge < -0.3 is 19.0 Å². The van der Waals surface area contributed by atoms with Crippen LogP contribution >= 0.6 is 11.3 Å². The molecule has 0 aliphatic carbocycles. The van der Waals surface area contributed by atoms with Crippen molar-refractivity contribution in [2.24, 2.45) is 0 Å². The molecule has 0 bridgehead atoms. The van der Waals surface area contributed by atoms with Crippen LogP contribution in [0.3, 0.4) is 0 Å². The summed E-state index contributed by atoms with van der Waals surface area (Å²) in [6.07, 6.45) is 1.62. The molecule has 0 atom stereocenters. The van der Waals surface area contributed by atoms with Gasteiger partial charge in [-0.2, -0.15) is 5.26 Å². The number of anilines is 1. The fraction of sp³-hybridized carbons (Fsp3) is 0.259. The van der Waals surface area contributed by atoms with Crippen molar-refractivity contribution in [3.05, 3.63) is 93.2 Å². The Morgan fingerprint density at radius 1 is 1.17 bits per heavy atom. The third-order valence-electron chi connectivity index (χ3n) is 6.01. The third-order valence-corrected chi connectivity index (χ3v) is 6.87. The van der Waals surface area contributed by atoms with E-state index in [1.54, 1.807) is 24.7 Å². The SMILES string of the molecule is COc1ccccc1CN(CC(=O)Nc1c(C#N)c(C)c(C)n1Cc1ccco1)Cc1cccs1. The van der Waals surface area contributed by atoms with Crippen LogP contribution in [-0.4, -0.2) is 29.0 Å². The van der Waals surface area contributed by atoms with Crippen LogP contribution < -0.4 is 10.1 Å². The van der Waals surface area contributed by atoms with Crippen LogP contribution in [0.1, 0.15) is 33.0 Å². The Bertz CT molecular complexity index is 1320. The first-order chi connectivity index (χ1) is 17.0. The van der Waals surface area contributed by atoms with Crippen molar-refractivity contribution in [3.63, 3.8) is 0 Å². The summed E-state index contributed by atoms with van der Waals surface area (Å²) >= 11 is 1.66. The van der Waals surface area contributed by atoms with Gasteiger partial charge >= 0.3 is 0 Å². The molecule has 1 N–H and O–H groups in total. The smallest absolute Gasteiger partial charge is 0.239 e. The molecule has 7 nitrogen and oxygen atoms in total. The number of carbonyl (C=O) groups is 1. The van der Waals surface area contributed by atoms with Crippen molar-refractivity contribution in [3.8, 4) is 11.8 Å². The van der Waals surface area contributed by atoms with Crippen molar-refractivity contribution in [2.45, 2.75) is 33.5 Å². The van der Waals surface area contributed by atoms with Crippen molar-refractivity contribution < 1.29 is 13.9 Å². The Labute approximate surface area is 209 Å². The molecule has 0 unspecified atom stereocenters.